The van der Waals surface area contributed by atoms with Crippen LogP contribution in [-0.4, -0.2) is 51.9 Å². The molecule has 0 radical (unpaired) electrons. The second-order valence-corrected chi connectivity index (χ2v) is 7.33. The van der Waals surface area contributed by atoms with Crippen LogP contribution < -0.4 is 5.56 Å². The van der Waals surface area contributed by atoms with Crippen molar-refractivity contribution in [3.05, 3.63) is 81.5 Å². The summed E-state index contributed by atoms with van der Waals surface area (Å²) in [5, 5.41) is 10.1. The van der Waals surface area contributed by atoms with Gasteiger partial charge in [0.2, 0.25) is 5.75 Å². The van der Waals surface area contributed by atoms with Gasteiger partial charge in [0.1, 0.15) is 11.6 Å². The van der Waals surface area contributed by atoms with Crippen molar-refractivity contribution >= 4 is 5.91 Å². The number of rotatable bonds is 6. The standard InChI is InChI=1S/C22H23FN4O3/c1-26(2)12-14-4-8-16(9-5-14)20-24-18(19(28)21(29)25-20)22(30)27(3)13-15-6-10-17(23)11-7-15/h4-11,28H,12-13H2,1-3H3,(H,24,25,29). The number of carbonyl (C=O) groups excluding carboxylic acids is 1. The molecule has 3 rings (SSSR count). The molecular formula is C22H23FN4O3. The summed E-state index contributed by atoms with van der Waals surface area (Å²) in [6, 6.07) is 13.1. The Kier molecular flexibility index (Phi) is 6.27. The van der Waals surface area contributed by atoms with E-state index >= 15 is 0 Å². The lowest BCUT2D eigenvalue weighted by molar-refractivity contribution is 0.0775. The van der Waals surface area contributed by atoms with Crippen LogP contribution in [0.4, 0.5) is 4.39 Å². The maximum atomic E-state index is 13.1. The van der Waals surface area contributed by atoms with E-state index in [4.69, 9.17) is 0 Å². The van der Waals surface area contributed by atoms with Gasteiger partial charge in [0.15, 0.2) is 5.69 Å². The molecule has 3 aromatic rings. The van der Waals surface area contributed by atoms with Gasteiger partial charge in [0.25, 0.3) is 11.5 Å². The monoisotopic (exact) mass is 410 g/mol. The average molecular weight is 410 g/mol. The van der Waals surface area contributed by atoms with Crippen molar-refractivity contribution in [2.45, 2.75) is 13.1 Å². The molecule has 0 saturated heterocycles. The number of aromatic hydroxyl groups is 1. The molecule has 0 unspecified atom stereocenters. The summed E-state index contributed by atoms with van der Waals surface area (Å²) in [7, 11) is 5.45. The quantitative estimate of drug-likeness (QED) is 0.652. The fraction of sp³-hybridized carbons (Fsp3) is 0.227. The van der Waals surface area contributed by atoms with Gasteiger partial charge < -0.3 is 19.9 Å². The number of hydrogen-bond acceptors (Lipinski definition) is 5. The van der Waals surface area contributed by atoms with Crippen molar-refractivity contribution < 1.29 is 14.3 Å². The molecule has 30 heavy (non-hydrogen) atoms. The Morgan fingerprint density at radius 1 is 1.00 bits per heavy atom. The highest BCUT2D eigenvalue weighted by atomic mass is 19.1. The molecule has 0 bridgehead atoms. The molecular weight excluding hydrogens is 387 g/mol. The zero-order chi connectivity index (χ0) is 21.8. The molecule has 0 aliphatic carbocycles. The minimum absolute atomic E-state index is 0.168. The van der Waals surface area contributed by atoms with E-state index in [0.717, 1.165) is 12.1 Å². The number of hydrogen-bond donors (Lipinski definition) is 2. The number of nitrogens with one attached hydrogen (secondary N) is 1. The number of aromatic nitrogens is 2. The molecule has 8 heteroatoms. The second kappa shape index (κ2) is 8.87. The van der Waals surface area contributed by atoms with Crippen LogP contribution in [0.5, 0.6) is 5.75 Å². The predicted molar refractivity (Wildman–Crippen MR) is 112 cm³/mol. The smallest absolute Gasteiger partial charge is 0.294 e. The summed E-state index contributed by atoms with van der Waals surface area (Å²) >= 11 is 0. The van der Waals surface area contributed by atoms with E-state index in [1.807, 2.05) is 31.1 Å². The van der Waals surface area contributed by atoms with E-state index in [2.05, 4.69) is 9.97 Å². The van der Waals surface area contributed by atoms with Crippen LogP contribution >= 0.6 is 0 Å². The van der Waals surface area contributed by atoms with E-state index < -0.39 is 17.2 Å². The topological polar surface area (TPSA) is 89.5 Å². The minimum Gasteiger partial charge on any atom is -0.501 e. The third kappa shape index (κ3) is 4.90. The number of amides is 1. The molecule has 2 N–H and O–H groups in total. The first-order chi connectivity index (χ1) is 14.2. The molecule has 0 aliphatic rings. The van der Waals surface area contributed by atoms with E-state index in [1.54, 1.807) is 24.3 Å². The fourth-order valence-electron chi connectivity index (χ4n) is 3.00. The van der Waals surface area contributed by atoms with E-state index in [1.165, 1.54) is 24.1 Å². The molecule has 0 saturated carbocycles. The maximum Gasteiger partial charge on any atom is 0.294 e. The third-order valence-electron chi connectivity index (χ3n) is 4.50. The lowest BCUT2D eigenvalue weighted by Crippen LogP contribution is -2.29. The highest BCUT2D eigenvalue weighted by Crippen LogP contribution is 2.20. The van der Waals surface area contributed by atoms with E-state index in [0.29, 0.717) is 11.1 Å². The predicted octanol–water partition coefficient (Wildman–Crippen LogP) is 2.62. The first-order valence-corrected chi connectivity index (χ1v) is 9.32. The zero-order valence-electron chi connectivity index (χ0n) is 17.0. The first-order valence-electron chi connectivity index (χ1n) is 9.32. The van der Waals surface area contributed by atoms with Crippen LogP contribution in [0.25, 0.3) is 11.4 Å². The summed E-state index contributed by atoms with van der Waals surface area (Å²) in [5.41, 5.74) is 1.27. The van der Waals surface area contributed by atoms with Gasteiger partial charge in [-0.25, -0.2) is 9.37 Å². The number of benzene rings is 2. The van der Waals surface area contributed by atoms with Crippen molar-refractivity contribution in [2.24, 2.45) is 0 Å². The number of aromatic amines is 1. The van der Waals surface area contributed by atoms with Crippen molar-refractivity contribution in [2.75, 3.05) is 21.1 Å². The molecule has 0 fully saturated rings. The summed E-state index contributed by atoms with van der Waals surface area (Å²) in [4.78, 5) is 35.1. The summed E-state index contributed by atoms with van der Waals surface area (Å²) in [6.07, 6.45) is 0. The fourth-order valence-corrected chi connectivity index (χ4v) is 3.00. The lowest BCUT2D eigenvalue weighted by Gasteiger charge is -2.17. The molecule has 156 valence electrons. The second-order valence-electron chi connectivity index (χ2n) is 7.33. The van der Waals surface area contributed by atoms with Crippen molar-refractivity contribution in [3.8, 4) is 17.1 Å². The normalized spacial score (nSPS) is 11.0. The molecule has 0 aliphatic heterocycles. The summed E-state index contributed by atoms with van der Waals surface area (Å²) in [5.74, 6) is -1.54. The SMILES string of the molecule is CN(C)Cc1ccc(-c2nc(C(=O)N(C)Cc3ccc(F)cc3)c(O)c(=O)[nH]2)cc1. The lowest BCUT2D eigenvalue weighted by atomic mass is 10.1. The molecule has 1 aromatic heterocycles. The van der Waals surface area contributed by atoms with Gasteiger partial charge in [-0.05, 0) is 37.4 Å². The minimum atomic E-state index is -0.795. The average Bonchev–Trinajstić information content (AvgIpc) is 2.71. The molecule has 0 spiro atoms. The molecule has 2 aromatic carbocycles. The van der Waals surface area contributed by atoms with Gasteiger partial charge in [-0.1, -0.05) is 36.4 Å². The Morgan fingerprint density at radius 3 is 2.17 bits per heavy atom. The Balaban J connectivity index is 1.87. The maximum absolute atomic E-state index is 13.1. The van der Waals surface area contributed by atoms with Crippen LogP contribution in [0.15, 0.2) is 53.3 Å². The van der Waals surface area contributed by atoms with Gasteiger partial charge in [-0.15, -0.1) is 0 Å². The Morgan fingerprint density at radius 2 is 1.57 bits per heavy atom. The highest BCUT2D eigenvalue weighted by molar-refractivity contribution is 5.95. The van der Waals surface area contributed by atoms with Gasteiger partial charge in [-0.3, -0.25) is 9.59 Å². The van der Waals surface area contributed by atoms with E-state index in [-0.39, 0.29) is 23.9 Å². The Bertz CT molecular complexity index is 1090. The van der Waals surface area contributed by atoms with E-state index in [9.17, 15) is 19.1 Å². The third-order valence-corrected chi connectivity index (χ3v) is 4.50. The number of nitrogens with zero attached hydrogens (tertiary/aromatic N) is 3. The van der Waals surface area contributed by atoms with Crippen LogP contribution in [-0.2, 0) is 13.1 Å². The largest absolute Gasteiger partial charge is 0.501 e. The van der Waals surface area contributed by atoms with Crippen molar-refractivity contribution in [3.63, 3.8) is 0 Å². The Hall–Kier alpha value is -3.52. The first kappa shape index (κ1) is 21.2. The van der Waals surface area contributed by atoms with Gasteiger partial charge in [0.05, 0.1) is 0 Å². The highest BCUT2D eigenvalue weighted by Gasteiger charge is 2.22. The van der Waals surface area contributed by atoms with Gasteiger partial charge in [-0.2, -0.15) is 0 Å². The summed E-state index contributed by atoms with van der Waals surface area (Å²) < 4.78 is 13.1. The molecule has 1 amide bonds. The van der Waals surface area contributed by atoms with Crippen LogP contribution in [0.2, 0.25) is 0 Å². The van der Waals surface area contributed by atoms with Crippen LogP contribution in [0.3, 0.4) is 0 Å². The van der Waals surface area contributed by atoms with Crippen LogP contribution in [0, 0.1) is 5.82 Å². The number of H-pyrrole nitrogens is 1. The van der Waals surface area contributed by atoms with Gasteiger partial charge >= 0.3 is 0 Å². The Labute approximate surface area is 173 Å². The molecule has 0 atom stereocenters. The zero-order valence-corrected chi connectivity index (χ0v) is 17.0. The molecule has 1 heterocycles. The van der Waals surface area contributed by atoms with Gasteiger partial charge in [0, 0.05) is 25.7 Å². The molecule has 7 nitrogen and oxygen atoms in total. The number of carbonyl (C=O) groups is 1. The van der Waals surface area contributed by atoms with Crippen molar-refractivity contribution in [1.29, 1.82) is 0 Å². The summed E-state index contributed by atoms with van der Waals surface area (Å²) in [6.45, 7) is 0.930. The van der Waals surface area contributed by atoms with Crippen molar-refractivity contribution in [1.82, 2.24) is 19.8 Å². The number of halogens is 1. The van der Waals surface area contributed by atoms with Crippen LogP contribution in [0.1, 0.15) is 21.6 Å².